The number of likely N-dealkylation sites (tertiary alicyclic amines) is 1. The van der Waals surface area contributed by atoms with Gasteiger partial charge in [-0.2, -0.15) is 5.10 Å². The quantitative estimate of drug-likeness (QED) is 0.643. The molecule has 2 heterocycles. The van der Waals surface area contributed by atoms with Gasteiger partial charge in [0.05, 0.1) is 12.7 Å². The molecule has 1 unspecified atom stereocenters. The van der Waals surface area contributed by atoms with Crippen LogP contribution in [-0.2, 0) is 11.3 Å². The highest BCUT2D eigenvalue weighted by molar-refractivity contribution is 5.81. The number of H-pyrrole nitrogens is 1. The van der Waals surface area contributed by atoms with Crippen LogP contribution >= 0.6 is 0 Å². The molecule has 5 rings (SSSR count). The highest BCUT2D eigenvalue weighted by Gasteiger charge is 2.36. The van der Waals surface area contributed by atoms with Crippen molar-refractivity contribution in [1.29, 1.82) is 0 Å². The summed E-state index contributed by atoms with van der Waals surface area (Å²) in [4.78, 5) is 26.6. The molecule has 1 aliphatic carbocycles. The molecule has 32 heavy (non-hydrogen) atoms. The number of aromatic nitrogens is 3. The van der Waals surface area contributed by atoms with Crippen molar-refractivity contribution in [1.82, 2.24) is 19.7 Å². The van der Waals surface area contributed by atoms with Crippen LogP contribution in [0.3, 0.4) is 0 Å². The summed E-state index contributed by atoms with van der Waals surface area (Å²) in [6.07, 6.45) is 2.79. The molecule has 1 aromatic heterocycles. The molecule has 3 aromatic rings. The number of amides is 1. The van der Waals surface area contributed by atoms with E-state index in [1.165, 1.54) is 10.6 Å². The highest BCUT2D eigenvalue weighted by Crippen LogP contribution is 2.33. The van der Waals surface area contributed by atoms with Crippen molar-refractivity contribution in [3.63, 3.8) is 0 Å². The molecule has 1 saturated carbocycles. The fourth-order valence-electron chi connectivity index (χ4n) is 4.38. The van der Waals surface area contributed by atoms with Crippen LogP contribution in [0.1, 0.15) is 19.3 Å². The topological polar surface area (TPSA) is 80.2 Å². The summed E-state index contributed by atoms with van der Waals surface area (Å²) in [6.45, 7) is 1.75. The lowest BCUT2D eigenvalue weighted by Crippen LogP contribution is -2.31. The van der Waals surface area contributed by atoms with Gasteiger partial charge in [0.25, 0.3) is 0 Å². The molecule has 2 aromatic carbocycles. The van der Waals surface area contributed by atoms with E-state index in [1.54, 1.807) is 13.2 Å². The van der Waals surface area contributed by atoms with E-state index in [9.17, 15) is 9.59 Å². The second-order valence-electron chi connectivity index (χ2n) is 8.60. The Morgan fingerprint density at radius 2 is 1.91 bits per heavy atom. The predicted molar refractivity (Wildman–Crippen MR) is 118 cm³/mol. The zero-order valence-electron chi connectivity index (χ0n) is 17.9. The third-order valence-electron chi connectivity index (χ3n) is 6.36. The maximum absolute atomic E-state index is 15.1. The minimum atomic E-state index is -0.449. The Kier molecular flexibility index (Phi) is 5.28. The summed E-state index contributed by atoms with van der Waals surface area (Å²) in [5, 5.41) is 6.55. The van der Waals surface area contributed by atoms with Crippen molar-refractivity contribution in [2.24, 2.45) is 11.8 Å². The summed E-state index contributed by atoms with van der Waals surface area (Å²) in [5.41, 5.74) is 1.49. The number of nitrogens with one attached hydrogen (secondary N) is 1. The first-order valence-electron chi connectivity index (χ1n) is 10.9. The van der Waals surface area contributed by atoms with Crippen LogP contribution in [0.4, 0.5) is 4.39 Å². The minimum absolute atomic E-state index is 0.147. The molecular weight excluding hydrogens is 411 g/mol. The van der Waals surface area contributed by atoms with Crippen LogP contribution in [0, 0.1) is 17.7 Å². The number of aromatic amines is 1. The van der Waals surface area contributed by atoms with Crippen molar-refractivity contribution in [3.8, 4) is 28.3 Å². The Labute approximate surface area is 184 Å². The maximum Gasteiger partial charge on any atom is 0.343 e. The monoisotopic (exact) mass is 436 g/mol. The van der Waals surface area contributed by atoms with Crippen LogP contribution < -0.4 is 10.4 Å². The van der Waals surface area contributed by atoms with Crippen molar-refractivity contribution in [2.45, 2.75) is 25.8 Å². The maximum atomic E-state index is 15.1. The molecule has 0 spiro atoms. The van der Waals surface area contributed by atoms with Gasteiger partial charge in [0.2, 0.25) is 5.91 Å². The molecule has 7 nitrogen and oxygen atoms in total. The average Bonchev–Trinajstić information content (AvgIpc) is 3.46. The third kappa shape index (κ3) is 3.92. The number of hydrogen-bond acceptors (Lipinski definition) is 4. The lowest BCUT2D eigenvalue weighted by Gasteiger charge is -2.16. The van der Waals surface area contributed by atoms with Gasteiger partial charge in [0.1, 0.15) is 11.6 Å². The molecule has 1 amide bonds. The van der Waals surface area contributed by atoms with Crippen molar-refractivity contribution >= 4 is 5.91 Å². The lowest BCUT2D eigenvalue weighted by atomic mass is 10.0. The van der Waals surface area contributed by atoms with Crippen molar-refractivity contribution in [2.75, 3.05) is 20.2 Å². The molecular formula is C24H25FN4O3. The molecule has 1 N–H and O–H groups in total. The summed E-state index contributed by atoms with van der Waals surface area (Å²) in [6, 6.07) is 12.3. The van der Waals surface area contributed by atoms with E-state index in [0.717, 1.165) is 36.1 Å². The smallest absolute Gasteiger partial charge is 0.343 e. The summed E-state index contributed by atoms with van der Waals surface area (Å²) >= 11 is 0. The second-order valence-corrected chi connectivity index (χ2v) is 8.60. The SMILES string of the molecule is COc1ccc(-c2ccc(-c3n[nH]c(=O)n3CC3CCN(C(=O)C4CC4)C3)c(F)c2)cc1. The van der Waals surface area contributed by atoms with Gasteiger partial charge in [0.15, 0.2) is 5.82 Å². The van der Waals surface area contributed by atoms with Crippen molar-refractivity contribution < 1.29 is 13.9 Å². The van der Waals surface area contributed by atoms with Gasteiger partial charge < -0.3 is 9.64 Å². The van der Waals surface area contributed by atoms with E-state index < -0.39 is 5.82 Å². The molecule has 8 heteroatoms. The average molecular weight is 436 g/mol. The summed E-state index contributed by atoms with van der Waals surface area (Å²) < 4.78 is 21.7. The van der Waals surface area contributed by atoms with E-state index in [4.69, 9.17) is 4.74 Å². The highest BCUT2D eigenvalue weighted by atomic mass is 19.1. The van der Waals surface area contributed by atoms with Crippen molar-refractivity contribution in [3.05, 3.63) is 58.8 Å². The van der Waals surface area contributed by atoms with Crippen LogP contribution in [0.5, 0.6) is 5.75 Å². The normalized spacial score (nSPS) is 18.2. The van der Waals surface area contributed by atoms with E-state index in [0.29, 0.717) is 19.6 Å². The number of nitrogens with zero attached hydrogens (tertiary/aromatic N) is 3. The molecule has 1 aliphatic heterocycles. The second kappa shape index (κ2) is 8.26. The molecule has 2 fully saturated rings. The molecule has 0 bridgehead atoms. The zero-order valence-corrected chi connectivity index (χ0v) is 17.9. The van der Waals surface area contributed by atoms with Gasteiger partial charge in [-0.1, -0.05) is 18.2 Å². The summed E-state index contributed by atoms with van der Waals surface area (Å²) in [7, 11) is 1.60. The molecule has 2 aliphatic rings. The Morgan fingerprint density at radius 3 is 2.59 bits per heavy atom. The number of ether oxygens (including phenoxy) is 1. The lowest BCUT2D eigenvalue weighted by molar-refractivity contribution is -0.131. The van der Waals surface area contributed by atoms with Crippen LogP contribution in [0.25, 0.3) is 22.5 Å². The van der Waals surface area contributed by atoms with Gasteiger partial charge in [-0.15, -0.1) is 0 Å². The Bertz CT molecular complexity index is 1200. The number of hydrogen-bond donors (Lipinski definition) is 1. The van der Waals surface area contributed by atoms with E-state index in [-0.39, 0.29) is 34.8 Å². The number of methoxy groups -OCH3 is 1. The fourth-order valence-corrected chi connectivity index (χ4v) is 4.38. The fraction of sp³-hybridized carbons (Fsp3) is 0.375. The Balaban J connectivity index is 1.36. The van der Waals surface area contributed by atoms with Gasteiger partial charge in [-0.05, 0) is 60.6 Å². The standard InChI is InChI=1S/C24H25FN4O3/c1-32-19-7-4-16(5-8-19)18-6-9-20(21(25)12-18)22-26-27-24(31)29(22)14-15-10-11-28(13-15)23(30)17-2-3-17/h4-9,12,15,17H,2-3,10-11,13-14H2,1H3,(H,27,31). The first kappa shape index (κ1) is 20.5. The third-order valence-corrected chi connectivity index (χ3v) is 6.36. The van der Waals surface area contributed by atoms with Gasteiger partial charge in [-0.3, -0.25) is 9.36 Å². The molecule has 1 saturated heterocycles. The van der Waals surface area contributed by atoms with E-state index in [2.05, 4.69) is 10.2 Å². The van der Waals surface area contributed by atoms with Gasteiger partial charge >= 0.3 is 5.69 Å². The van der Waals surface area contributed by atoms with Gasteiger partial charge in [-0.25, -0.2) is 14.3 Å². The van der Waals surface area contributed by atoms with Gasteiger partial charge in [0, 0.05) is 25.6 Å². The zero-order chi connectivity index (χ0) is 22.2. The number of benzene rings is 2. The Morgan fingerprint density at radius 1 is 1.16 bits per heavy atom. The summed E-state index contributed by atoms with van der Waals surface area (Å²) in [5.74, 6) is 1.13. The number of carbonyl (C=O) groups excluding carboxylic acids is 1. The van der Waals surface area contributed by atoms with E-state index in [1.807, 2.05) is 35.2 Å². The molecule has 1 atom stereocenters. The first-order chi connectivity index (χ1) is 15.5. The Hall–Kier alpha value is -3.42. The minimum Gasteiger partial charge on any atom is -0.497 e. The number of carbonyl (C=O) groups is 1. The van der Waals surface area contributed by atoms with Crippen LogP contribution in [0.15, 0.2) is 47.3 Å². The number of rotatable bonds is 6. The van der Waals surface area contributed by atoms with Crippen LogP contribution in [-0.4, -0.2) is 45.8 Å². The first-order valence-corrected chi connectivity index (χ1v) is 10.9. The molecule has 166 valence electrons. The largest absolute Gasteiger partial charge is 0.497 e. The molecule has 0 radical (unpaired) electrons. The van der Waals surface area contributed by atoms with Crippen LogP contribution in [0.2, 0.25) is 0 Å². The van der Waals surface area contributed by atoms with E-state index >= 15 is 4.39 Å². The predicted octanol–water partition coefficient (Wildman–Crippen LogP) is 3.31. The number of halogens is 1.